The van der Waals surface area contributed by atoms with E-state index in [0.29, 0.717) is 12.1 Å². The molecule has 0 fully saturated rings. The van der Waals surface area contributed by atoms with Gasteiger partial charge in [-0.25, -0.2) is 0 Å². The van der Waals surface area contributed by atoms with Crippen molar-refractivity contribution in [1.29, 1.82) is 0 Å². The number of rotatable bonds is 4. The van der Waals surface area contributed by atoms with Crippen LogP contribution in [0, 0.1) is 6.92 Å². The van der Waals surface area contributed by atoms with Gasteiger partial charge in [-0.15, -0.1) is 0 Å². The van der Waals surface area contributed by atoms with E-state index in [0.717, 1.165) is 12.1 Å². The molecule has 4 heteroatoms. The first kappa shape index (κ1) is 12.6. The van der Waals surface area contributed by atoms with E-state index in [1.807, 2.05) is 20.8 Å². The number of hydrogen-bond donors (Lipinski definition) is 2. The van der Waals surface area contributed by atoms with Gasteiger partial charge in [0.25, 0.3) is 5.91 Å². The van der Waals surface area contributed by atoms with Gasteiger partial charge in [-0.3, -0.25) is 9.78 Å². The molecule has 1 amide bonds. The van der Waals surface area contributed by atoms with Crippen molar-refractivity contribution in [1.82, 2.24) is 10.3 Å². The number of hydrogen-bond acceptors (Lipinski definition) is 3. The van der Waals surface area contributed by atoms with E-state index in [9.17, 15) is 4.79 Å². The molecule has 16 heavy (non-hydrogen) atoms. The van der Waals surface area contributed by atoms with Gasteiger partial charge in [-0.1, -0.05) is 0 Å². The van der Waals surface area contributed by atoms with Crippen LogP contribution in [-0.2, 0) is 0 Å². The lowest BCUT2D eigenvalue weighted by Gasteiger charge is -2.25. The van der Waals surface area contributed by atoms with Gasteiger partial charge in [0.2, 0.25) is 0 Å². The largest absolute Gasteiger partial charge is 0.347 e. The highest BCUT2D eigenvalue weighted by molar-refractivity contribution is 5.95. The van der Waals surface area contributed by atoms with Crippen molar-refractivity contribution in [2.45, 2.75) is 32.7 Å². The highest BCUT2D eigenvalue weighted by atomic mass is 16.1. The minimum atomic E-state index is -0.284. The lowest BCUT2D eigenvalue weighted by molar-refractivity contribution is 0.0909. The number of amides is 1. The molecule has 0 spiro atoms. The molecule has 0 saturated carbocycles. The summed E-state index contributed by atoms with van der Waals surface area (Å²) in [6.45, 7) is 6.30. The third-order valence-electron chi connectivity index (χ3n) is 2.47. The van der Waals surface area contributed by atoms with E-state index in [-0.39, 0.29) is 11.4 Å². The summed E-state index contributed by atoms with van der Waals surface area (Å²) in [6, 6.07) is 3.54. The fourth-order valence-electron chi connectivity index (χ4n) is 1.52. The number of nitrogens with two attached hydrogens (primary N) is 1. The molecule has 0 aliphatic rings. The van der Waals surface area contributed by atoms with Crippen LogP contribution in [0.5, 0.6) is 0 Å². The number of carbonyl (C=O) groups excluding carboxylic acids is 1. The fourth-order valence-corrected chi connectivity index (χ4v) is 1.52. The lowest BCUT2D eigenvalue weighted by atomic mass is 10.00. The summed E-state index contributed by atoms with van der Waals surface area (Å²) >= 11 is 0. The monoisotopic (exact) mass is 221 g/mol. The third kappa shape index (κ3) is 3.31. The zero-order valence-electron chi connectivity index (χ0n) is 10.1. The molecule has 88 valence electrons. The summed E-state index contributed by atoms with van der Waals surface area (Å²) in [7, 11) is 0. The van der Waals surface area contributed by atoms with Crippen LogP contribution in [0.2, 0.25) is 0 Å². The number of aryl methyl sites for hydroxylation is 1. The number of nitrogens with zero attached hydrogens (tertiary/aromatic N) is 1. The highest BCUT2D eigenvalue weighted by Gasteiger charge is 2.21. The van der Waals surface area contributed by atoms with E-state index in [4.69, 9.17) is 5.73 Å². The summed E-state index contributed by atoms with van der Waals surface area (Å²) < 4.78 is 0. The summed E-state index contributed by atoms with van der Waals surface area (Å²) in [5.41, 5.74) is 6.57. The van der Waals surface area contributed by atoms with Gasteiger partial charge in [0.1, 0.15) is 0 Å². The van der Waals surface area contributed by atoms with Gasteiger partial charge in [-0.05, 0) is 45.9 Å². The second kappa shape index (κ2) is 5.07. The number of nitrogens with one attached hydrogen (secondary N) is 1. The van der Waals surface area contributed by atoms with E-state index in [1.165, 1.54) is 0 Å². The Kier molecular flexibility index (Phi) is 4.01. The Bertz CT molecular complexity index is 374. The van der Waals surface area contributed by atoms with Crippen molar-refractivity contribution in [2.75, 3.05) is 6.54 Å². The summed E-state index contributed by atoms with van der Waals surface area (Å²) in [4.78, 5) is 16.1. The van der Waals surface area contributed by atoms with Gasteiger partial charge in [-0.2, -0.15) is 0 Å². The minimum absolute atomic E-state index is 0.0935. The zero-order chi connectivity index (χ0) is 12.2. The first-order valence-electron chi connectivity index (χ1n) is 5.40. The first-order valence-corrected chi connectivity index (χ1v) is 5.40. The van der Waals surface area contributed by atoms with Gasteiger partial charge in [0.15, 0.2) is 0 Å². The molecule has 0 aliphatic heterocycles. The predicted octanol–water partition coefficient (Wildman–Crippen LogP) is 1.25. The number of aromatic nitrogens is 1. The molecule has 0 aliphatic carbocycles. The van der Waals surface area contributed by atoms with Gasteiger partial charge >= 0.3 is 0 Å². The van der Waals surface area contributed by atoms with Crippen molar-refractivity contribution in [3.8, 4) is 0 Å². The average molecular weight is 221 g/mol. The Labute approximate surface area is 96.3 Å². The van der Waals surface area contributed by atoms with Crippen LogP contribution < -0.4 is 11.1 Å². The first-order chi connectivity index (χ1) is 7.46. The fraction of sp³-hybridized carbons (Fsp3) is 0.500. The molecule has 0 atom stereocenters. The molecule has 0 aromatic carbocycles. The van der Waals surface area contributed by atoms with Gasteiger partial charge in [0, 0.05) is 17.4 Å². The van der Waals surface area contributed by atoms with Crippen LogP contribution in [0.3, 0.4) is 0 Å². The standard InChI is InChI=1S/C12H19N3O/c1-9-10(5-4-8-14-9)11(16)15-12(2,3)6-7-13/h4-5,8H,6-7,13H2,1-3H3,(H,15,16). The topological polar surface area (TPSA) is 68.0 Å². The quantitative estimate of drug-likeness (QED) is 0.804. The molecule has 1 aromatic rings. The predicted molar refractivity (Wildman–Crippen MR) is 64.2 cm³/mol. The maximum atomic E-state index is 12.0. The second-order valence-corrected chi connectivity index (χ2v) is 4.51. The Hall–Kier alpha value is -1.42. The summed E-state index contributed by atoms with van der Waals surface area (Å²) in [5.74, 6) is -0.0935. The molecule has 0 bridgehead atoms. The highest BCUT2D eigenvalue weighted by Crippen LogP contribution is 2.10. The van der Waals surface area contributed by atoms with E-state index < -0.39 is 0 Å². The van der Waals surface area contributed by atoms with E-state index >= 15 is 0 Å². The Morgan fingerprint density at radius 3 is 2.81 bits per heavy atom. The van der Waals surface area contributed by atoms with Crippen molar-refractivity contribution in [2.24, 2.45) is 5.73 Å². The molecular formula is C12H19N3O. The number of carbonyl (C=O) groups is 1. The molecule has 1 heterocycles. The molecule has 0 radical (unpaired) electrons. The van der Waals surface area contributed by atoms with Crippen LogP contribution in [0.25, 0.3) is 0 Å². The molecule has 1 rings (SSSR count). The SMILES string of the molecule is Cc1ncccc1C(=O)NC(C)(C)CCN. The second-order valence-electron chi connectivity index (χ2n) is 4.51. The van der Waals surface area contributed by atoms with Gasteiger partial charge < -0.3 is 11.1 Å². The summed E-state index contributed by atoms with van der Waals surface area (Å²) in [6.07, 6.45) is 2.43. The lowest BCUT2D eigenvalue weighted by Crippen LogP contribution is -2.45. The Morgan fingerprint density at radius 1 is 1.56 bits per heavy atom. The van der Waals surface area contributed by atoms with Crippen molar-refractivity contribution in [3.63, 3.8) is 0 Å². The van der Waals surface area contributed by atoms with Crippen molar-refractivity contribution < 1.29 is 4.79 Å². The van der Waals surface area contributed by atoms with Crippen LogP contribution in [-0.4, -0.2) is 23.0 Å². The average Bonchev–Trinajstić information content (AvgIpc) is 2.17. The maximum absolute atomic E-state index is 12.0. The van der Waals surface area contributed by atoms with E-state index in [1.54, 1.807) is 18.3 Å². The summed E-state index contributed by atoms with van der Waals surface area (Å²) in [5, 5.41) is 2.96. The third-order valence-corrected chi connectivity index (χ3v) is 2.47. The van der Waals surface area contributed by atoms with E-state index in [2.05, 4.69) is 10.3 Å². The molecule has 1 aromatic heterocycles. The van der Waals surface area contributed by atoms with Crippen LogP contribution in [0.1, 0.15) is 36.3 Å². The molecule has 0 saturated heterocycles. The minimum Gasteiger partial charge on any atom is -0.347 e. The van der Waals surface area contributed by atoms with Crippen molar-refractivity contribution >= 4 is 5.91 Å². The van der Waals surface area contributed by atoms with Crippen molar-refractivity contribution in [3.05, 3.63) is 29.6 Å². The van der Waals surface area contributed by atoms with Gasteiger partial charge in [0.05, 0.1) is 5.56 Å². The van der Waals surface area contributed by atoms with Crippen LogP contribution in [0.15, 0.2) is 18.3 Å². The molecule has 3 N–H and O–H groups in total. The normalized spacial score (nSPS) is 11.2. The number of pyridine rings is 1. The van der Waals surface area contributed by atoms with Crippen LogP contribution in [0.4, 0.5) is 0 Å². The maximum Gasteiger partial charge on any atom is 0.253 e. The van der Waals surface area contributed by atoms with Crippen LogP contribution >= 0.6 is 0 Å². The Morgan fingerprint density at radius 2 is 2.25 bits per heavy atom. The molecular weight excluding hydrogens is 202 g/mol. The molecule has 0 unspecified atom stereocenters. The molecule has 4 nitrogen and oxygen atoms in total. The zero-order valence-corrected chi connectivity index (χ0v) is 10.1. The Balaban J connectivity index is 2.77. The smallest absolute Gasteiger partial charge is 0.253 e.